The summed E-state index contributed by atoms with van der Waals surface area (Å²) in [6, 6.07) is 15.5. The standard InChI is InChI=1S/C17H10N2O3/c18-9-12-5-7-14(8-6-12)22-19-10-13-11-21-16-4-2-1-3-15(16)17(13)20/h1-8,10-11H/b19-10+. The van der Waals surface area contributed by atoms with Crippen LogP contribution in [-0.2, 0) is 0 Å². The molecule has 0 aliphatic carbocycles. The number of nitriles is 1. The van der Waals surface area contributed by atoms with Gasteiger partial charge in [-0.25, -0.2) is 0 Å². The molecule has 106 valence electrons. The second kappa shape index (κ2) is 5.94. The van der Waals surface area contributed by atoms with Crippen molar-refractivity contribution < 1.29 is 9.25 Å². The van der Waals surface area contributed by atoms with Crippen molar-refractivity contribution >= 4 is 17.2 Å². The monoisotopic (exact) mass is 290 g/mol. The van der Waals surface area contributed by atoms with Gasteiger partial charge in [0.05, 0.1) is 28.8 Å². The Bertz CT molecular complexity index is 935. The SMILES string of the molecule is N#Cc1ccc(O/N=C/c2coc3ccccc3c2=O)cc1. The number of fused-ring (bicyclic) bond motifs is 1. The average Bonchev–Trinajstić information content (AvgIpc) is 2.58. The molecule has 0 aliphatic heterocycles. The lowest BCUT2D eigenvalue weighted by atomic mass is 10.2. The molecule has 0 N–H and O–H groups in total. The van der Waals surface area contributed by atoms with Gasteiger partial charge in [-0.2, -0.15) is 5.26 Å². The minimum atomic E-state index is -0.172. The highest BCUT2D eigenvalue weighted by Crippen LogP contribution is 2.12. The highest BCUT2D eigenvalue weighted by Gasteiger charge is 2.04. The summed E-state index contributed by atoms with van der Waals surface area (Å²) in [5.74, 6) is 0.473. The molecule has 0 bridgehead atoms. The third-order valence-electron chi connectivity index (χ3n) is 3.04. The molecular formula is C17H10N2O3. The molecule has 5 nitrogen and oxygen atoms in total. The number of hydrogen-bond donors (Lipinski definition) is 0. The van der Waals surface area contributed by atoms with Crippen molar-refractivity contribution in [1.82, 2.24) is 0 Å². The summed E-state index contributed by atoms with van der Waals surface area (Å²) >= 11 is 0. The summed E-state index contributed by atoms with van der Waals surface area (Å²) in [5.41, 5.74) is 1.19. The van der Waals surface area contributed by atoms with Crippen LogP contribution in [0.1, 0.15) is 11.1 Å². The van der Waals surface area contributed by atoms with Gasteiger partial charge in [0, 0.05) is 0 Å². The van der Waals surface area contributed by atoms with Crippen LogP contribution in [0.5, 0.6) is 5.75 Å². The summed E-state index contributed by atoms with van der Waals surface area (Å²) in [6.45, 7) is 0. The van der Waals surface area contributed by atoms with Crippen LogP contribution in [0.2, 0.25) is 0 Å². The van der Waals surface area contributed by atoms with Gasteiger partial charge in [-0.1, -0.05) is 17.3 Å². The molecule has 22 heavy (non-hydrogen) atoms. The normalized spacial score (nSPS) is 10.7. The molecule has 0 radical (unpaired) electrons. The average molecular weight is 290 g/mol. The second-order valence-electron chi connectivity index (χ2n) is 4.48. The van der Waals surface area contributed by atoms with E-state index in [1.165, 1.54) is 12.5 Å². The number of rotatable bonds is 3. The first-order valence-corrected chi connectivity index (χ1v) is 6.49. The number of nitrogens with zero attached hydrogens (tertiary/aromatic N) is 2. The number of oxime groups is 1. The topological polar surface area (TPSA) is 75.6 Å². The van der Waals surface area contributed by atoms with Gasteiger partial charge in [-0.05, 0) is 36.4 Å². The Kier molecular flexibility index (Phi) is 3.67. The van der Waals surface area contributed by atoms with Gasteiger partial charge in [-0.15, -0.1) is 0 Å². The first-order chi connectivity index (χ1) is 10.8. The van der Waals surface area contributed by atoms with E-state index in [4.69, 9.17) is 14.5 Å². The minimum absolute atomic E-state index is 0.172. The summed E-state index contributed by atoms with van der Waals surface area (Å²) in [4.78, 5) is 17.4. The fraction of sp³-hybridized carbons (Fsp3) is 0. The second-order valence-corrected chi connectivity index (χ2v) is 4.48. The van der Waals surface area contributed by atoms with Crippen LogP contribution in [-0.4, -0.2) is 6.21 Å². The van der Waals surface area contributed by atoms with Gasteiger partial charge >= 0.3 is 0 Å². The summed E-state index contributed by atoms with van der Waals surface area (Å²) < 4.78 is 5.37. The predicted molar refractivity (Wildman–Crippen MR) is 81.9 cm³/mol. The van der Waals surface area contributed by atoms with E-state index in [1.54, 1.807) is 48.5 Å². The molecule has 3 rings (SSSR count). The van der Waals surface area contributed by atoms with E-state index >= 15 is 0 Å². The molecular weight excluding hydrogens is 280 g/mol. The lowest BCUT2D eigenvalue weighted by Crippen LogP contribution is -2.08. The Morgan fingerprint density at radius 3 is 2.68 bits per heavy atom. The summed E-state index contributed by atoms with van der Waals surface area (Å²) in [5, 5.41) is 13.0. The zero-order valence-electron chi connectivity index (χ0n) is 11.4. The molecule has 3 aromatic rings. The van der Waals surface area contributed by atoms with Crippen molar-refractivity contribution in [3.63, 3.8) is 0 Å². The maximum Gasteiger partial charge on any atom is 0.201 e. The lowest BCUT2D eigenvalue weighted by Gasteiger charge is -1.99. The fourth-order valence-electron chi connectivity index (χ4n) is 1.92. The van der Waals surface area contributed by atoms with E-state index in [0.717, 1.165) is 0 Å². The van der Waals surface area contributed by atoms with Gasteiger partial charge in [-0.3, -0.25) is 4.79 Å². The molecule has 0 atom stereocenters. The molecule has 0 aliphatic rings. The first-order valence-electron chi connectivity index (χ1n) is 6.49. The maximum atomic E-state index is 12.2. The van der Waals surface area contributed by atoms with Crippen molar-refractivity contribution in [3.05, 3.63) is 76.1 Å². The van der Waals surface area contributed by atoms with E-state index < -0.39 is 0 Å². The molecule has 2 aromatic carbocycles. The lowest BCUT2D eigenvalue weighted by molar-refractivity contribution is 0.344. The van der Waals surface area contributed by atoms with Crippen molar-refractivity contribution in [3.8, 4) is 11.8 Å². The number of hydrogen-bond acceptors (Lipinski definition) is 5. The Balaban J connectivity index is 1.82. The summed E-state index contributed by atoms with van der Waals surface area (Å²) in [6.07, 6.45) is 2.65. The van der Waals surface area contributed by atoms with E-state index in [1.807, 2.05) is 6.07 Å². The Morgan fingerprint density at radius 2 is 1.91 bits per heavy atom. The van der Waals surface area contributed by atoms with Crippen molar-refractivity contribution in [1.29, 1.82) is 5.26 Å². The molecule has 0 amide bonds. The van der Waals surface area contributed by atoms with Gasteiger partial charge < -0.3 is 9.25 Å². The van der Waals surface area contributed by atoms with Gasteiger partial charge in [0.2, 0.25) is 5.43 Å². The zero-order valence-corrected chi connectivity index (χ0v) is 11.4. The van der Waals surface area contributed by atoms with Crippen LogP contribution < -0.4 is 10.3 Å². The molecule has 0 fully saturated rings. The Labute approximate surface area is 125 Å². The third-order valence-corrected chi connectivity index (χ3v) is 3.04. The van der Waals surface area contributed by atoms with E-state index in [0.29, 0.717) is 27.8 Å². The first kappa shape index (κ1) is 13.6. The predicted octanol–water partition coefficient (Wildman–Crippen LogP) is 3.08. The van der Waals surface area contributed by atoms with Crippen LogP contribution in [0, 0.1) is 11.3 Å². The molecule has 0 saturated carbocycles. The van der Waals surface area contributed by atoms with Crippen molar-refractivity contribution in [2.24, 2.45) is 5.16 Å². The van der Waals surface area contributed by atoms with Gasteiger partial charge in [0.1, 0.15) is 11.8 Å². The molecule has 5 heteroatoms. The van der Waals surface area contributed by atoms with Crippen LogP contribution in [0.3, 0.4) is 0 Å². The number of benzene rings is 2. The molecule has 0 saturated heterocycles. The molecule has 0 unspecified atom stereocenters. The third kappa shape index (κ3) is 2.72. The van der Waals surface area contributed by atoms with Crippen LogP contribution in [0.25, 0.3) is 11.0 Å². The van der Waals surface area contributed by atoms with E-state index in [-0.39, 0.29) is 5.43 Å². The van der Waals surface area contributed by atoms with Crippen LogP contribution >= 0.6 is 0 Å². The van der Waals surface area contributed by atoms with E-state index in [2.05, 4.69) is 5.16 Å². The highest BCUT2D eigenvalue weighted by atomic mass is 16.6. The Hall–Kier alpha value is -3.39. The molecule has 1 aromatic heterocycles. The fourth-order valence-corrected chi connectivity index (χ4v) is 1.92. The van der Waals surface area contributed by atoms with Gasteiger partial charge in [0.25, 0.3) is 0 Å². The van der Waals surface area contributed by atoms with Crippen LogP contribution in [0.4, 0.5) is 0 Å². The van der Waals surface area contributed by atoms with Gasteiger partial charge in [0.15, 0.2) is 5.75 Å². The largest absolute Gasteiger partial charge is 0.463 e. The smallest absolute Gasteiger partial charge is 0.201 e. The molecule has 0 spiro atoms. The number of para-hydroxylation sites is 1. The molecule has 1 heterocycles. The quantitative estimate of drug-likeness (QED) is 0.548. The van der Waals surface area contributed by atoms with Crippen LogP contribution in [0.15, 0.2) is 69.2 Å². The van der Waals surface area contributed by atoms with Crippen molar-refractivity contribution in [2.75, 3.05) is 0 Å². The Morgan fingerprint density at radius 1 is 1.14 bits per heavy atom. The summed E-state index contributed by atoms with van der Waals surface area (Å²) in [7, 11) is 0. The minimum Gasteiger partial charge on any atom is -0.463 e. The van der Waals surface area contributed by atoms with Crippen molar-refractivity contribution in [2.45, 2.75) is 0 Å². The van der Waals surface area contributed by atoms with E-state index in [9.17, 15) is 4.79 Å². The zero-order chi connectivity index (χ0) is 15.4. The highest BCUT2D eigenvalue weighted by molar-refractivity contribution is 5.85. The maximum absolute atomic E-state index is 12.2.